The summed E-state index contributed by atoms with van der Waals surface area (Å²) in [6.45, 7) is 5.25. The van der Waals surface area contributed by atoms with Crippen molar-refractivity contribution in [1.29, 1.82) is 0 Å². The van der Waals surface area contributed by atoms with Crippen LogP contribution in [0.3, 0.4) is 0 Å². The molecular weight excluding hydrogens is 432 g/mol. The number of nitrogens with zero attached hydrogens (tertiary/aromatic N) is 2. The van der Waals surface area contributed by atoms with Gasteiger partial charge in [0, 0.05) is 17.8 Å². The van der Waals surface area contributed by atoms with Gasteiger partial charge in [-0.2, -0.15) is 5.10 Å². The Balaban J connectivity index is 1.58. The number of esters is 1. The number of rotatable bonds is 8. The van der Waals surface area contributed by atoms with Gasteiger partial charge in [0.2, 0.25) is 0 Å². The maximum absolute atomic E-state index is 12.5. The zero-order valence-electron chi connectivity index (χ0n) is 17.9. The molecule has 168 valence electrons. The van der Waals surface area contributed by atoms with Crippen LogP contribution in [0.15, 0.2) is 65.7 Å². The molecule has 0 aliphatic carbocycles. The van der Waals surface area contributed by atoms with Crippen molar-refractivity contribution in [1.82, 2.24) is 9.78 Å². The standard InChI is InChI=1S/C22H24N4O5S/c1-15(2)26-20(12-13-23-26)24-21(27)14-31-22(28)17-6-10-19(11-7-17)32(29,30)25-18-8-4-16(3)5-9-18/h4-13,15,25H,14H2,1-3H3,(H,24,27). The molecule has 10 heteroatoms. The average Bonchev–Trinajstić information content (AvgIpc) is 3.22. The van der Waals surface area contributed by atoms with Crippen molar-refractivity contribution in [2.24, 2.45) is 0 Å². The molecule has 1 heterocycles. The van der Waals surface area contributed by atoms with Crippen molar-refractivity contribution in [2.75, 3.05) is 16.6 Å². The maximum Gasteiger partial charge on any atom is 0.338 e. The van der Waals surface area contributed by atoms with Crippen molar-refractivity contribution >= 4 is 33.4 Å². The molecule has 0 radical (unpaired) electrons. The molecule has 0 unspecified atom stereocenters. The molecule has 9 nitrogen and oxygen atoms in total. The van der Waals surface area contributed by atoms with Crippen molar-refractivity contribution in [3.8, 4) is 0 Å². The number of anilines is 2. The highest BCUT2D eigenvalue weighted by Gasteiger charge is 2.17. The van der Waals surface area contributed by atoms with Gasteiger partial charge in [0.25, 0.3) is 15.9 Å². The zero-order valence-corrected chi connectivity index (χ0v) is 18.7. The Labute approximate surface area is 186 Å². The average molecular weight is 457 g/mol. The summed E-state index contributed by atoms with van der Waals surface area (Å²) in [5.41, 5.74) is 1.57. The number of carbonyl (C=O) groups excluding carboxylic acids is 2. The highest BCUT2D eigenvalue weighted by atomic mass is 32.2. The van der Waals surface area contributed by atoms with Crippen LogP contribution in [0.25, 0.3) is 0 Å². The second-order valence-electron chi connectivity index (χ2n) is 7.37. The van der Waals surface area contributed by atoms with Crippen molar-refractivity contribution in [3.63, 3.8) is 0 Å². The highest BCUT2D eigenvalue weighted by molar-refractivity contribution is 7.92. The van der Waals surface area contributed by atoms with Crippen LogP contribution in [0.2, 0.25) is 0 Å². The zero-order chi connectivity index (χ0) is 23.3. The summed E-state index contributed by atoms with van der Waals surface area (Å²) in [6, 6.07) is 13.9. The Morgan fingerprint density at radius 1 is 1.03 bits per heavy atom. The van der Waals surface area contributed by atoms with E-state index in [1.807, 2.05) is 20.8 Å². The molecule has 0 saturated carbocycles. The summed E-state index contributed by atoms with van der Waals surface area (Å²) in [5, 5.41) is 6.74. The number of sulfonamides is 1. The van der Waals surface area contributed by atoms with E-state index in [9.17, 15) is 18.0 Å². The van der Waals surface area contributed by atoms with Crippen molar-refractivity contribution in [2.45, 2.75) is 31.7 Å². The minimum absolute atomic E-state index is 0.00526. The van der Waals surface area contributed by atoms with Crippen LogP contribution < -0.4 is 10.0 Å². The second kappa shape index (κ2) is 9.65. The summed E-state index contributed by atoms with van der Waals surface area (Å²) in [4.78, 5) is 24.3. The molecule has 3 rings (SSSR count). The molecule has 0 aliphatic heterocycles. The lowest BCUT2D eigenvalue weighted by molar-refractivity contribution is -0.119. The van der Waals surface area contributed by atoms with Crippen molar-refractivity contribution in [3.05, 3.63) is 71.9 Å². The lowest BCUT2D eigenvalue weighted by atomic mass is 10.2. The minimum Gasteiger partial charge on any atom is -0.452 e. The van der Waals surface area contributed by atoms with Gasteiger partial charge in [-0.15, -0.1) is 0 Å². The minimum atomic E-state index is -3.81. The van der Waals surface area contributed by atoms with E-state index in [-0.39, 0.29) is 16.5 Å². The molecule has 0 spiro atoms. The first-order valence-corrected chi connectivity index (χ1v) is 11.3. The predicted molar refractivity (Wildman–Crippen MR) is 120 cm³/mol. The Morgan fingerprint density at radius 2 is 1.69 bits per heavy atom. The highest BCUT2D eigenvalue weighted by Crippen LogP contribution is 2.18. The third-order valence-electron chi connectivity index (χ3n) is 4.47. The van der Waals surface area contributed by atoms with E-state index < -0.39 is 28.5 Å². The number of benzene rings is 2. The van der Waals surface area contributed by atoms with Crippen LogP contribution in [0.1, 0.15) is 35.8 Å². The summed E-state index contributed by atoms with van der Waals surface area (Å²) in [6.07, 6.45) is 1.56. The molecule has 1 amide bonds. The Bertz CT molecular complexity index is 1200. The number of ether oxygens (including phenoxy) is 1. The molecule has 2 aromatic carbocycles. The second-order valence-corrected chi connectivity index (χ2v) is 9.06. The van der Waals surface area contributed by atoms with Crippen LogP contribution in [0, 0.1) is 6.92 Å². The Kier molecular flexibility index (Phi) is 6.94. The fourth-order valence-corrected chi connectivity index (χ4v) is 3.88. The Morgan fingerprint density at radius 3 is 2.31 bits per heavy atom. The number of hydrogen-bond donors (Lipinski definition) is 2. The predicted octanol–water partition coefficient (Wildman–Crippen LogP) is 3.37. The SMILES string of the molecule is Cc1ccc(NS(=O)(=O)c2ccc(C(=O)OCC(=O)Nc3ccnn3C(C)C)cc2)cc1. The topological polar surface area (TPSA) is 119 Å². The molecule has 0 aliphatic rings. The third-order valence-corrected chi connectivity index (χ3v) is 5.86. The van der Waals surface area contributed by atoms with Gasteiger partial charge in [0.1, 0.15) is 5.82 Å². The lowest BCUT2D eigenvalue weighted by Crippen LogP contribution is -2.23. The van der Waals surface area contributed by atoms with Crippen LogP contribution in [0.4, 0.5) is 11.5 Å². The molecule has 0 saturated heterocycles. The summed E-state index contributed by atoms with van der Waals surface area (Å²) < 4.78 is 34.2. The first-order chi connectivity index (χ1) is 15.2. The van der Waals surface area contributed by atoms with E-state index >= 15 is 0 Å². The molecule has 2 N–H and O–H groups in total. The number of carbonyl (C=O) groups is 2. The van der Waals surface area contributed by atoms with Gasteiger partial charge >= 0.3 is 5.97 Å². The Hall–Kier alpha value is -3.66. The number of nitrogens with one attached hydrogen (secondary N) is 2. The van der Waals surface area contributed by atoms with Crippen LogP contribution in [0.5, 0.6) is 0 Å². The molecule has 0 fully saturated rings. The first-order valence-electron chi connectivity index (χ1n) is 9.86. The first kappa shape index (κ1) is 23.0. The molecule has 0 atom stereocenters. The third kappa shape index (κ3) is 5.73. The summed E-state index contributed by atoms with van der Waals surface area (Å²) in [5.74, 6) is -0.758. The van der Waals surface area contributed by atoms with E-state index in [2.05, 4.69) is 15.1 Å². The molecule has 0 bridgehead atoms. The van der Waals surface area contributed by atoms with Gasteiger partial charge in [-0.3, -0.25) is 9.52 Å². The quantitative estimate of drug-likeness (QED) is 0.502. The summed E-state index contributed by atoms with van der Waals surface area (Å²) in [7, 11) is -3.81. The molecule has 32 heavy (non-hydrogen) atoms. The smallest absolute Gasteiger partial charge is 0.338 e. The largest absolute Gasteiger partial charge is 0.452 e. The summed E-state index contributed by atoms with van der Waals surface area (Å²) >= 11 is 0. The van der Waals surface area contributed by atoms with Gasteiger partial charge in [0.15, 0.2) is 6.61 Å². The van der Waals surface area contributed by atoms with Crippen LogP contribution >= 0.6 is 0 Å². The monoisotopic (exact) mass is 456 g/mol. The number of aryl methyl sites for hydroxylation is 1. The molecule has 1 aromatic heterocycles. The fraction of sp³-hybridized carbons (Fsp3) is 0.227. The van der Waals surface area contributed by atoms with E-state index in [1.54, 1.807) is 41.2 Å². The molecule has 3 aromatic rings. The van der Waals surface area contributed by atoms with E-state index in [4.69, 9.17) is 4.74 Å². The fourth-order valence-electron chi connectivity index (χ4n) is 2.82. The van der Waals surface area contributed by atoms with Crippen LogP contribution in [-0.2, 0) is 19.6 Å². The van der Waals surface area contributed by atoms with E-state index in [0.29, 0.717) is 11.5 Å². The van der Waals surface area contributed by atoms with Crippen LogP contribution in [-0.4, -0.2) is 36.7 Å². The van der Waals surface area contributed by atoms with Gasteiger partial charge in [-0.25, -0.2) is 17.9 Å². The number of amides is 1. The maximum atomic E-state index is 12.5. The van der Waals surface area contributed by atoms with Gasteiger partial charge in [-0.1, -0.05) is 17.7 Å². The van der Waals surface area contributed by atoms with Gasteiger partial charge in [-0.05, 0) is 57.2 Å². The van der Waals surface area contributed by atoms with E-state index in [0.717, 1.165) is 5.56 Å². The van der Waals surface area contributed by atoms with Crippen molar-refractivity contribution < 1.29 is 22.7 Å². The molecular formula is C22H24N4O5S. The van der Waals surface area contributed by atoms with Gasteiger partial charge < -0.3 is 10.1 Å². The normalized spacial score (nSPS) is 11.2. The number of aromatic nitrogens is 2. The van der Waals surface area contributed by atoms with E-state index in [1.165, 1.54) is 24.3 Å². The number of hydrogen-bond acceptors (Lipinski definition) is 6. The lowest BCUT2D eigenvalue weighted by Gasteiger charge is -2.12. The van der Waals surface area contributed by atoms with Gasteiger partial charge in [0.05, 0.1) is 16.7 Å².